The molecule has 0 aliphatic heterocycles. The van der Waals surface area contributed by atoms with Crippen molar-refractivity contribution in [2.24, 2.45) is 0 Å². The number of carbonyl (C=O) groups excluding carboxylic acids is 1. The molecule has 0 heterocycles. The Morgan fingerprint density at radius 3 is 2.22 bits per heavy atom. The van der Waals surface area contributed by atoms with E-state index in [-0.39, 0.29) is 11.4 Å². The first-order valence-corrected chi connectivity index (χ1v) is 6.53. The lowest BCUT2D eigenvalue weighted by Gasteiger charge is -2.20. The lowest BCUT2D eigenvalue weighted by atomic mass is 10.1. The molecule has 0 spiro atoms. The Bertz CT molecular complexity index is 407. The van der Waals surface area contributed by atoms with Crippen molar-refractivity contribution in [3.63, 3.8) is 0 Å². The molecule has 1 aromatic rings. The summed E-state index contributed by atoms with van der Waals surface area (Å²) in [5.41, 5.74) is 0.632. The fourth-order valence-electron chi connectivity index (χ4n) is 1.40. The van der Waals surface area contributed by atoms with Crippen LogP contribution in [0.4, 0.5) is 5.69 Å². The van der Waals surface area contributed by atoms with Gasteiger partial charge in [-0.25, -0.2) is 0 Å². The molecule has 0 bridgehead atoms. The van der Waals surface area contributed by atoms with E-state index in [1.165, 1.54) is 0 Å². The summed E-state index contributed by atoms with van der Waals surface area (Å²) in [6, 6.07) is 4.96. The summed E-state index contributed by atoms with van der Waals surface area (Å²) in [6.45, 7) is 6.80. The second kappa shape index (κ2) is 6.41. The Morgan fingerprint density at radius 1 is 1.17 bits per heavy atom. The van der Waals surface area contributed by atoms with E-state index in [4.69, 9.17) is 23.2 Å². The average Bonchev–Trinajstić information content (AvgIpc) is 2.12. The Kier molecular flexibility index (Phi) is 5.45. The third-order valence-electron chi connectivity index (χ3n) is 2.15. The molecule has 100 valence electrons. The molecular formula is C13H18Cl2N2O. The molecule has 5 heteroatoms. The Morgan fingerprint density at radius 2 is 1.72 bits per heavy atom. The smallest absolute Gasteiger partial charge is 0.225 e. The van der Waals surface area contributed by atoms with Gasteiger partial charge in [-0.05, 0) is 39.0 Å². The molecule has 1 aromatic carbocycles. The van der Waals surface area contributed by atoms with Crippen LogP contribution < -0.4 is 10.6 Å². The number of halogens is 2. The quantitative estimate of drug-likeness (QED) is 0.887. The number of hydrogen-bond acceptors (Lipinski definition) is 2. The average molecular weight is 289 g/mol. The van der Waals surface area contributed by atoms with Gasteiger partial charge >= 0.3 is 0 Å². The monoisotopic (exact) mass is 288 g/mol. The molecule has 0 saturated carbocycles. The zero-order valence-electron chi connectivity index (χ0n) is 10.8. The van der Waals surface area contributed by atoms with Crippen molar-refractivity contribution in [1.29, 1.82) is 0 Å². The van der Waals surface area contributed by atoms with Gasteiger partial charge in [0, 0.05) is 34.2 Å². The van der Waals surface area contributed by atoms with Gasteiger partial charge in [-0.1, -0.05) is 23.2 Å². The largest absolute Gasteiger partial charge is 0.326 e. The van der Waals surface area contributed by atoms with Gasteiger partial charge in [0.1, 0.15) is 0 Å². The number of anilines is 1. The normalized spacial score (nSPS) is 11.4. The topological polar surface area (TPSA) is 41.1 Å². The highest BCUT2D eigenvalue weighted by Crippen LogP contribution is 2.22. The number of amides is 1. The van der Waals surface area contributed by atoms with E-state index in [0.717, 1.165) is 0 Å². The Labute approximate surface area is 118 Å². The van der Waals surface area contributed by atoms with Crippen molar-refractivity contribution in [3.8, 4) is 0 Å². The summed E-state index contributed by atoms with van der Waals surface area (Å²) in [6.07, 6.45) is 0.404. The van der Waals surface area contributed by atoms with Crippen LogP contribution in [0.3, 0.4) is 0 Å². The van der Waals surface area contributed by atoms with Gasteiger partial charge in [-0.2, -0.15) is 0 Å². The van der Waals surface area contributed by atoms with Gasteiger partial charge in [0.2, 0.25) is 5.91 Å². The van der Waals surface area contributed by atoms with Crippen LogP contribution >= 0.6 is 23.2 Å². The first kappa shape index (κ1) is 15.3. The van der Waals surface area contributed by atoms with E-state index in [9.17, 15) is 4.79 Å². The van der Waals surface area contributed by atoms with Crippen LogP contribution in [0.25, 0.3) is 0 Å². The van der Waals surface area contributed by atoms with Crippen LogP contribution in [0, 0.1) is 0 Å². The third-order valence-corrected chi connectivity index (χ3v) is 2.59. The standard InChI is InChI=1S/C13H18Cl2N2O/c1-13(2,3)16-5-4-12(18)17-11-7-9(14)6-10(15)8-11/h6-8,16H,4-5H2,1-3H3,(H,17,18). The minimum atomic E-state index is -0.0647. The van der Waals surface area contributed by atoms with Gasteiger partial charge in [0.25, 0.3) is 0 Å². The maximum atomic E-state index is 11.7. The van der Waals surface area contributed by atoms with Gasteiger partial charge in [-0.15, -0.1) is 0 Å². The van der Waals surface area contributed by atoms with Crippen molar-refractivity contribution >= 4 is 34.8 Å². The molecule has 3 nitrogen and oxygen atoms in total. The summed E-state index contributed by atoms with van der Waals surface area (Å²) in [5.74, 6) is -0.0647. The zero-order valence-corrected chi connectivity index (χ0v) is 12.3. The molecule has 0 atom stereocenters. The second-order valence-electron chi connectivity index (χ2n) is 5.13. The van der Waals surface area contributed by atoms with E-state index in [2.05, 4.69) is 31.4 Å². The number of nitrogens with one attached hydrogen (secondary N) is 2. The van der Waals surface area contributed by atoms with Crippen LogP contribution in [-0.4, -0.2) is 18.0 Å². The minimum Gasteiger partial charge on any atom is -0.326 e. The predicted molar refractivity (Wildman–Crippen MR) is 77.5 cm³/mol. The second-order valence-corrected chi connectivity index (χ2v) is 6.01. The summed E-state index contributed by atoms with van der Waals surface area (Å²) in [7, 11) is 0. The highest BCUT2D eigenvalue weighted by molar-refractivity contribution is 6.35. The zero-order chi connectivity index (χ0) is 13.8. The Balaban J connectivity index is 2.45. The number of hydrogen-bond donors (Lipinski definition) is 2. The van der Waals surface area contributed by atoms with E-state index in [0.29, 0.717) is 28.7 Å². The van der Waals surface area contributed by atoms with Crippen molar-refractivity contribution in [3.05, 3.63) is 28.2 Å². The molecular weight excluding hydrogens is 271 g/mol. The molecule has 0 unspecified atom stereocenters. The molecule has 18 heavy (non-hydrogen) atoms. The molecule has 0 aromatic heterocycles. The molecule has 1 amide bonds. The number of carbonyl (C=O) groups is 1. The minimum absolute atomic E-state index is 0.0135. The van der Waals surface area contributed by atoms with Crippen molar-refractivity contribution < 1.29 is 4.79 Å². The van der Waals surface area contributed by atoms with Crippen molar-refractivity contribution in [1.82, 2.24) is 5.32 Å². The maximum absolute atomic E-state index is 11.7. The summed E-state index contributed by atoms with van der Waals surface area (Å²) < 4.78 is 0. The first-order chi connectivity index (χ1) is 8.26. The third kappa shape index (κ3) is 6.24. The highest BCUT2D eigenvalue weighted by Gasteiger charge is 2.10. The van der Waals surface area contributed by atoms with Crippen molar-refractivity contribution in [2.75, 3.05) is 11.9 Å². The summed E-state index contributed by atoms with van der Waals surface area (Å²) in [4.78, 5) is 11.7. The van der Waals surface area contributed by atoms with Crippen LogP contribution in [0.1, 0.15) is 27.2 Å². The molecule has 0 saturated heterocycles. The van der Waals surface area contributed by atoms with Gasteiger partial charge < -0.3 is 10.6 Å². The molecule has 0 fully saturated rings. The van der Waals surface area contributed by atoms with Gasteiger partial charge in [0.05, 0.1) is 0 Å². The SMILES string of the molecule is CC(C)(C)NCCC(=O)Nc1cc(Cl)cc(Cl)c1. The highest BCUT2D eigenvalue weighted by atomic mass is 35.5. The van der Waals surface area contributed by atoms with Gasteiger partial charge in [-0.3, -0.25) is 4.79 Å². The Hall–Kier alpha value is -0.770. The lowest BCUT2D eigenvalue weighted by molar-refractivity contribution is -0.116. The van der Waals surface area contributed by atoms with Crippen molar-refractivity contribution in [2.45, 2.75) is 32.7 Å². The lowest BCUT2D eigenvalue weighted by Crippen LogP contribution is -2.37. The summed E-state index contributed by atoms with van der Waals surface area (Å²) in [5, 5.41) is 7.02. The van der Waals surface area contributed by atoms with Crippen LogP contribution in [0.15, 0.2) is 18.2 Å². The van der Waals surface area contributed by atoms with Crippen LogP contribution in [-0.2, 0) is 4.79 Å². The molecule has 1 rings (SSSR count). The van der Waals surface area contributed by atoms with E-state index in [1.807, 2.05) is 0 Å². The van der Waals surface area contributed by atoms with Crippen LogP contribution in [0.5, 0.6) is 0 Å². The molecule has 0 aliphatic carbocycles. The van der Waals surface area contributed by atoms with Crippen LogP contribution in [0.2, 0.25) is 10.0 Å². The van der Waals surface area contributed by atoms with E-state index in [1.54, 1.807) is 18.2 Å². The predicted octanol–water partition coefficient (Wildman–Crippen LogP) is 3.71. The first-order valence-electron chi connectivity index (χ1n) is 5.77. The van der Waals surface area contributed by atoms with Gasteiger partial charge in [0.15, 0.2) is 0 Å². The number of benzene rings is 1. The number of rotatable bonds is 4. The summed E-state index contributed by atoms with van der Waals surface area (Å²) >= 11 is 11.7. The maximum Gasteiger partial charge on any atom is 0.225 e. The molecule has 0 aliphatic rings. The molecule has 2 N–H and O–H groups in total. The van der Waals surface area contributed by atoms with E-state index < -0.39 is 0 Å². The fraction of sp³-hybridized carbons (Fsp3) is 0.462. The molecule has 0 radical (unpaired) electrons. The fourth-order valence-corrected chi connectivity index (χ4v) is 1.93. The van der Waals surface area contributed by atoms with E-state index >= 15 is 0 Å².